The maximum atomic E-state index is 16.0. The van der Waals surface area contributed by atoms with Gasteiger partial charge in [-0.25, -0.2) is 23.1 Å². The fourth-order valence-electron chi connectivity index (χ4n) is 7.25. The predicted molar refractivity (Wildman–Crippen MR) is 164 cm³/mol. The Kier molecular flexibility index (Phi) is 7.98. The highest BCUT2D eigenvalue weighted by Gasteiger charge is 2.48. The van der Waals surface area contributed by atoms with Gasteiger partial charge in [-0.2, -0.15) is 5.26 Å². The molecule has 0 amide bonds. The molecule has 3 aromatic rings. The molecule has 44 heavy (non-hydrogen) atoms. The first-order chi connectivity index (χ1) is 21.0. The van der Waals surface area contributed by atoms with Crippen molar-refractivity contribution in [2.24, 2.45) is 11.3 Å². The Bertz CT molecular complexity index is 1650. The number of aryl methyl sites for hydroxylation is 1. The van der Waals surface area contributed by atoms with Crippen LogP contribution in [-0.4, -0.2) is 39.1 Å². The lowest BCUT2D eigenvalue weighted by molar-refractivity contribution is -0.0898. The minimum Gasteiger partial charge on any atom is -0.363 e. The van der Waals surface area contributed by atoms with E-state index in [9.17, 15) is 10.1 Å². The Hall–Kier alpha value is -3.45. The summed E-state index contributed by atoms with van der Waals surface area (Å²) in [5, 5.41) is 13.7. The number of pyridine rings is 1. The summed E-state index contributed by atoms with van der Waals surface area (Å²) in [7, 11) is 0. The highest BCUT2D eigenvalue weighted by Crippen LogP contribution is 2.47. The number of aromatic nitrogens is 3. The number of hydrogen-bond donors (Lipinski definition) is 1. The fourth-order valence-corrected chi connectivity index (χ4v) is 7.25. The van der Waals surface area contributed by atoms with Crippen LogP contribution >= 0.6 is 0 Å². The number of nitrogens with zero attached hydrogens (tertiary/aromatic N) is 5. The molecule has 1 aromatic carbocycles. The summed E-state index contributed by atoms with van der Waals surface area (Å²) >= 11 is 0. The molecule has 7 rings (SSSR count). The summed E-state index contributed by atoms with van der Waals surface area (Å²) in [4.78, 5) is 25.0. The van der Waals surface area contributed by atoms with Crippen molar-refractivity contribution < 1.29 is 13.2 Å². The van der Waals surface area contributed by atoms with Crippen LogP contribution in [0.2, 0.25) is 0 Å². The van der Waals surface area contributed by atoms with E-state index >= 15 is 13.2 Å². The Balaban J connectivity index is 1.44. The van der Waals surface area contributed by atoms with E-state index < -0.39 is 34.7 Å². The molecule has 3 aliphatic heterocycles. The van der Waals surface area contributed by atoms with Gasteiger partial charge in [0.1, 0.15) is 23.6 Å². The van der Waals surface area contributed by atoms with Gasteiger partial charge in [0.25, 0.3) is 11.5 Å². The third kappa shape index (κ3) is 5.60. The van der Waals surface area contributed by atoms with Crippen molar-refractivity contribution in [3.63, 3.8) is 0 Å². The quantitative estimate of drug-likeness (QED) is 0.319. The average molecular weight is 607 g/mol. The van der Waals surface area contributed by atoms with E-state index in [-0.39, 0.29) is 16.5 Å². The van der Waals surface area contributed by atoms with Gasteiger partial charge in [0, 0.05) is 30.1 Å². The van der Waals surface area contributed by atoms with Gasteiger partial charge in [0.15, 0.2) is 0 Å². The van der Waals surface area contributed by atoms with Gasteiger partial charge in [0.05, 0.1) is 28.5 Å². The monoisotopic (exact) mass is 606 g/mol. The topological polar surface area (TPSA) is 86.8 Å². The zero-order valence-electron chi connectivity index (χ0n) is 25.8. The first-order valence-electron chi connectivity index (χ1n) is 15.9. The number of rotatable bonds is 1. The highest BCUT2D eigenvalue weighted by atomic mass is 19.3. The molecule has 1 saturated heterocycles. The summed E-state index contributed by atoms with van der Waals surface area (Å²) in [6.45, 7) is 8.55. The molecule has 7 nitrogen and oxygen atoms in total. The van der Waals surface area contributed by atoms with Gasteiger partial charge in [-0.05, 0) is 70.0 Å². The van der Waals surface area contributed by atoms with Crippen LogP contribution in [0.3, 0.4) is 0 Å². The Morgan fingerprint density at radius 1 is 1.02 bits per heavy atom. The molecule has 2 fully saturated rings. The predicted octanol–water partition coefficient (Wildman–Crippen LogP) is 7.06. The molecular weight excluding hydrogens is 565 g/mol. The van der Waals surface area contributed by atoms with Crippen molar-refractivity contribution in [3.05, 3.63) is 63.5 Å². The van der Waals surface area contributed by atoms with E-state index in [1.807, 2.05) is 0 Å². The van der Waals surface area contributed by atoms with Gasteiger partial charge >= 0.3 is 0 Å². The molecule has 1 saturated carbocycles. The fraction of sp³-hybridized carbons (Fsp3) is 0.588. The Morgan fingerprint density at radius 2 is 1.77 bits per heavy atom. The zero-order chi connectivity index (χ0) is 31.3. The maximum Gasteiger partial charge on any atom is 0.278 e. The van der Waals surface area contributed by atoms with Crippen LogP contribution in [0.1, 0.15) is 94.9 Å². The first kappa shape index (κ1) is 30.6. The number of nitrogens with one attached hydrogen (secondary N) is 1. The van der Waals surface area contributed by atoms with Gasteiger partial charge < -0.3 is 10.2 Å². The SMILES string of the molecule is C[C@H]1Nc2ncnc3c2cc(C2(C#N)CC2)c(=O)n3CCCCCC(C)(C)CN2CCC(CC2)C(F)(F)c2cccc1c2F. The second kappa shape index (κ2) is 11.5. The highest BCUT2D eigenvalue weighted by molar-refractivity contribution is 5.87. The molecule has 2 aromatic heterocycles. The van der Waals surface area contributed by atoms with Crippen LogP contribution in [0, 0.1) is 28.5 Å². The molecule has 1 atom stereocenters. The van der Waals surface area contributed by atoms with Crippen LogP contribution < -0.4 is 10.9 Å². The van der Waals surface area contributed by atoms with Crippen molar-refractivity contribution in [2.75, 3.05) is 25.0 Å². The van der Waals surface area contributed by atoms with Crippen molar-refractivity contribution >= 4 is 16.9 Å². The summed E-state index contributed by atoms with van der Waals surface area (Å²) in [6.07, 6.45) is 6.85. The Labute approximate surface area is 256 Å². The molecule has 4 aliphatic rings. The average Bonchev–Trinajstić information content (AvgIpc) is 3.78. The second-order valence-corrected chi connectivity index (χ2v) is 13.9. The van der Waals surface area contributed by atoms with E-state index in [0.717, 1.165) is 32.2 Å². The molecular formula is C34H41F3N6O. The Morgan fingerprint density at radius 3 is 2.48 bits per heavy atom. The molecule has 0 spiro atoms. The van der Waals surface area contributed by atoms with Gasteiger partial charge in [0.2, 0.25) is 0 Å². The van der Waals surface area contributed by atoms with Gasteiger partial charge in [-0.1, -0.05) is 44.9 Å². The number of hydrogen-bond acceptors (Lipinski definition) is 6. The summed E-state index contributed by atoms with van der Waals surface area (Å²) in [5.74, 6) is -4.78. The lowest BCUT2D eigenvalue weighted by Crippen LogP contribution is -2.43. The number of nitriles is 1. The lowest BCUT2D eigenvalue weighted by atomic mass is 9.82. The molecule has 8 bridgehead atoms. The van der Waals surface area contributed by atoms with E-state index in [1.54, 1.807) is 17.6 Å². The summed E-state index contributed by atoms with van der Waals surface area (Å²) < 4.78 is 49.5. The number of halogens is 3. The smallest absolute Gasteiger partial charge is 0.278 e. The number of anilines is 1. The molecule has 1 N–H and O–H groups in total. The normalized spacial score (nSPS) is 26.3. The lowest BCUT2D eigenvalue weighted by Gasteiger charge is -2.39. The molecule has 10 heteroatoms. The molecule has 5 heterocycles. The third-order valence-corrected chi connectivity index (χ3v) is 10.1. The number of benzene rings is 1. The third-order valence-electron chi connectivity index (χ3n) is 10.1. The van der Waals surface area contributed by atoms with E-state index in [4.69, 9.17) is 0 Å². The first-order valence-corrected chi connectivity index (χ1v) is 15.9. The van der Waals surface area contributed by atoms with Crippen molar-refractivity contribution in [3.8, 4) is 6.07 Å². The van der Waals surface area contributed by atoms with Crippen molar-refractivity contribution in [1.29, 1.82) is 5.26 Å². The molecule has 234 valence electrons. The van der Waals surface area contributed by atoms with Crippen LogP contribution in [0.4, 0.5) is 19.0 Å². The maximum absolute atomic E-state index is 16.0. The van der Waals surface area contributed by atoms with Crippen LogP contribution in [0.25, 0.3) is 11.0 Å². The minimum absolute atomic E-state index is 0.00702. The largest absolute Gasteiger partial charge is 0.363 e. The summed E-state index contributed by atoms with van der Waals surface area (Å²) in [6, 6.07) is 7.55. The zero-order valence-corrected chi connectivity index (χ0v) is 25.8. The van der Waals surface area contributed by atoms with Crippen molar-refractivity contribution in [1.82, 2.24) is 19.4 Å². The van der Waals surface area contributed by atoms with Crippen molar-refractivity contribution in [2.45, 2.75) is 96.1 Å². The minimum atomic E-state index is -3.30. The molecule has 0 radical (unpaired) electrons. The van der Waals surface area contributed by atoms with Gasteiger partial charge in [-0.3, -0.25) is 9.36 Å². The number of fused-ring (bicyclic) bond motifs is 9. The van der Waals surface area contributed by atoms with E-state index in [1.165, 1.54) is 24.5 Å². The standard InChI is InChI=1S/C34H41F3N6O/c1-22-24-8-7-9-26(28(24)35)34(36,37)23-10-16-42(17-11-23)20-32(2,3)12-5-4-6-15-43-30-25(29(41-22)39-21-40-30)18-27(31(43)44)33(19-38)13-14-33/h7-9,18,21-23H,4-6,10-17,20H2,1-3H3,(H,39,40,41)/t22-/m1/s1. The number of piperidine rings is 1. The van der Waals surface area contributed by atoms with Gasteiger partial charge in [-0.15, -0.1) is 0 Å². The molecule has 0 unspecified atom stereocenters. The van der Waals surface area contributed by atoms with E-state index in [0.29, 0.717) is 67.7 Å². The number of alkyl halides is 2. The second-order valence-electron chi connectivity index (χ2n) is 13.9. The molecule has 1 aliphatic carbocycles. The van der Waals surface area contributed by atoms with Crippen LogP contribution in [0.5, 0.6) is 0 Å². The van der Waals surface area contributed by atoms with Crippen LogP contribution in [-0.2, 0) is 17.9 Å². The van der Waals surface area contributed by atoms with E-state index in [2.05, 4.69) is 40.1 Å². The van der Waals surface area contributed by atoms with Crippen LogP contribution in [0.15, 0.2) is 35.4 Å². The summed E-state index contributed by atoms with van der Waals surface area (Å²) in [5.41, 5.74) is -0.624.